The fraction of sp³-hybridized carbons (Fsp3) is 0.133. The standard InChI is InChI=1S/C15H9F5O3/c1-22-14(21)11-7-13(17)12(16)6-10(11)8-3-2-4-9(5-8)23-15(18,19)20/h2-7H,1H3. The van der Waals surface area contributed by atoms with Gasteiger partial charge < -0.3 is 9.47 Å². The van der Waals surface area contributed by atoms with Gasteiger partial charge in [0.25, 0.3) is 0 Å². The summed E-state index contributed by atoms with van der Waals surface area (Å²) >= 11 is 0. The first-order valence-corrected chi connectivity index (χ1v) is 6.15. The first kappa shape index (κ1) is 16.7. The molecular formula is C15H9F5O3. The zero-order valence-corrected chi connectivity index (χ0v) is 11.6. The number of alkyl halides is 3. The summed E-state index contributed by atoms with van der Waals surface area (Å²) in [7, 11) is 1.04. The Morgan fingerprint density at radius 1 is 1.04 bits per heavy atom. The number of carbonyl (C=O) groups excluding carboxylic acids is 1. The first-order valence-electron chi connectivity index (χ1n) is 6.15. The molecule has 0 aliphatic carbocycles. The molecule has 0 spiro atoms. The molecule has 0 aliphatic rings. The van der Waals surface area contributed by atoms with Gasteiger partial charge in [-0.15, -0.1) is 13.2 Å². The molecule has 0 N–H and O–H groups in total. The second-order valence-electron chi connectivity index (χ2n) is 4.38. The van der Waals surface area contributed by atoms with Gasteiger partial charge in [0.1, 0.15) is 5.75 Å². The van der Waals surface area contributed by atoms with Crippen LogP contribution < -0.4 is 4.74 Å². The van der Waals surface area contributed by atoms with Crippen LogP contribution in [-0.4, -0.2) is 19.4 Å². The highest BCUT2D eigenvalue weighted by Gasteiger charge is 2.31. The molecule has 0 amide bonds. The van der Waals surface area contributed by atoms with Crippen LogP contribution in [0.2, 0.25) is 0 Å². The minimum Gasteiger partial charge on any atom is -0.465 e. The summed E-state index contributed by atoms with van der Waals surface area (Å²) in [6.45, 7) is 0. The third-order valence-corrected chi connectivity index (χ3v) is 2.84. The van der Waals surface area contributed by atoms with Crippen LogP contribution in [-0.2, 0) is 4.74 Å². The van der Waals surface area contributed by atoms with Crippen molar-refractivity contribution in [3.63, 3.8) is 0 Å². The predicted molar refractivity (Wildman–Crippen MR) is 69.8 cm³/mol. The van der Waals surface area contributed by atoms with E-state index in [0.717, 1.165) is 19.2 Å². The average molecular weight is 332 g/mol. The topological polar surface area (TPSA) is 35.5 Å². The molecule has 2 aromatic carbocycles. The number of halogens is 5. The average Bonchev–Trinajstić information content (AvgIpc) is 2.47. The summed E-state index contributed by atoms with van der Waals surface area (Å²) in [5, 5.41) is 0. The monoisotopic (exact) mass is 332 g/mol. The molecule has 2 rings (SSSR count). The molecule has 0 saturated heterocycles. The maximum atomic E-state index is 13.4. The van der Waals surface area contributed by atoms with Crippen molar-refractivity contribution >= 4 is 5.97 Å². The zero-order chi connectivity index (χ0) is 17.2. The van der Waals surface area contributed by atoms with Gasteiger partial charge in [-0.2, -0.15) is 0 Å². The van der Waals surface area contributed by atoms with Gasteiger partial charge in [0.15, 0.2) is 11.6 Å². The van der Waals surface area contributed by atoms with Crippen molar-refractivity contribution in [2.24, 2.45) is 0 Å². The van der Waals surface area contributed by atoms with Gasteiger partial charge in [-0.1, -0.05) is 12.1 Å². The smallest absolute Gasteiger partial charge is 0.465 e. The second kappa shape index (κ2) is 6.23. The summed E-state index contributed by atoms with van der Waals surface area (Å²) in [5.74, 6) is -4.05. The van der Waals surface area contributed by atoms with E-state index in [9.17, 15) is 26.7 Å². The van der Waals surface area contributed by atoms with Crippen LogP contribution in [0.4, 0.5) is 22.0 Å². The van der Waals surface area contributed by atoms with Gasteiger partial charge >= 0.3 is 12.3 Å². The maximum absolute atomic E-state index is 13.4. The van der Waals surface area contributed by atoms with E-state index < -0.39 is 29.7 Å². The molecule has 23 heavy (non-hydrogen) atoms. The molecule has 0 aromatic heterocycles. The Hall–Kier alpha value is -2.64. The van der Waals surface area contributed by atoms with Gasteiger partial charge in [0.2, 0.25) is 0 Å². The van der Waals surface area contributed by atoms with E-state index in [1.165, 1.54) is 12.1 Å². The largest absolute Gasteiger partial charge is 0.573 e. The van der Waals surface area contributed by atoms with Crippen LogP contribution in [0.15, 0.2) is 36.4 Å². The van der Waals surface area contributed by atoms with Crippen LogP contribution in [0.25, 0.3) is 11.1 Å². The minimum absolute atomic E-state index is 0.0334. The molecule has 3 nitrogen and oxygen atoms in total. The highest BCUT2D eigenvalue weighted by molar-refractivity contribution is 5.97. The van der Waals surface area contributed by atoms with Crippen molar-refractivity contribution < 1.29 is 36.2 Å². The second-order valence-corrected chi connectivity index (χ2v) is 4.38. The van der Waals surface area contributed by atoms with Gasteiger partial charge in [0.05, 0.1) is 12.7 Å². The van der Waals surface area contributed by atoms with E-state index in [1.54, 1.807) is 0 Å². The van der Waals surface area contributed by atoms with E-state index in [1.807, 2.05) is 0 Å². The molecular weight excluding hydrogens is 323 g/mol. The number of hydrogen-bond acceptors (Lipinski definition) is 3. The molecule has 0 heterocycles. The lowest BCUT2D eigenvalue weighted by atomic mass is 9.99. The van der Waals surface area contributed by atoms with E-state index in [-0.39, 0.29) is 16.7 Å². The Bertz CT molecular complexity index is 740. The van der Waals surface area contributed by atoms with Crippen molar-refractivity contribution in [2.45, 2.75) is 6.36 Å². The number of esters is 1. The summed E-state index contributed by atoms with van der Waals surface area (Å²) in [6.07, 6.45) is -4.90. The van der Waals surface area contributed by atoms with E-state index in [2.05, 4.69) is 9.47 Å². The summed E-state index contributed by atoms with van der Waals surface area (Å²) in [5.41, 5.74) is -0.412. The molecule has 0 radical (unpaired) electrons. The molecule has 8 heteroatoms. The highest BCUT2D eigenvalue weighted by atomic mass is 19.4. The Morgan fingerprint density at radius 2 is 1.70 bits per heavy atom. The van der Waals surface area contributed by atoms with Gasteiger partial charge in [-0.25, -0.2) is 13.6 Å². The van der Waals surface area contributed by atoms with Crippen molar-refractivity contribution in [1.82, 2.24) is 0 Å². The quantitative estimate of drug-likeness (QED) is 0.620. The number of hydrogen-bond donors (Lipinski definition) is 0. The Morgan fingerprint density at radius 3 is 2.30 bits per heavy atom. The predicted octanol–water partition coefficient (Wildman–Crippen LogP) is 4.32. The van der Waals surface area contributed by atoms with Crippen LogP contribution in [0.3, 0.4) is 0 Å². The number of rotatable bonds is 3. The van der Waals surface area contributed by atoms with Crippen LogP contribution in [0.1, 0.15) is 10.4 Å². The van der Waals surface area contributed by atoms with Gasteiger partial charge in [-0.05, 0) is 35.4 Å². The Labute approximate surface area is 127 Å². The lowest BCUT2D eigenvalue weighted by Crippen LogP contribution is -2.17. The molecule has 0 fully saturated rings. The van der Waals surface area contributed by atoms with Crippen LogP contribution in [0, 0.1) is 11.6 Å². The fourth-order valence-corrected chi connectivity index (χ4v) is 1.93. The number of ether oxygens (including phenoxy) is 2. The Balaban J connectivity index is 2.55. The van der Waals surface area contributed by atoms with Crippen molar-refractivity contribution in [2.75, 3.05) is 7.11 Å². The van der Waals surface area contributed by atoms with Crippen LogP contribution >= 0.6 is 0 Å². The number of carbonyl (C=O) groups is 1. The third-order valence-electron chi connectivity index (χ3n) is 2.84. The highest BCUT2D eigenvalue weighted by Crippen LogP contribution is 2.31. The van der Waals surface area contributed by atoms with Gasteiger partial charge in [0, 0.05) is 0 Å². The third kappa shape index (κ3) is 3.97. The van der Waals surface area contributed by atoms with Crippen LogP contribution in [0.5, 0.6) is 5.75 Å². The fourth-order valence-electron chi connectivity index (χ4n) is 1.93. The molecule has 0 bridgehead atoms. The Kier molecular flexibility index (Phi) is 4.53. The number of methoxy groups -OCH3 is 1. The SMILES string of the molecule is COC(=O)c1cc(F)c(F)cc1-c1cccc(OC(F)(F)F)c1. The number of benzene rings is 2. The molecule has 0 saturated carbocycles. The normalized spacial score (nSPS) is 11.2. The van der Waals surface area contributed by atoms with Crippen molar-refractivity contribution in [3.05, 3.63) is 53.6 Å². The van der Waals surface area contributed by atoms with Crippen molar-refractivity contribution in [1.29, 1.82) is 0 Å². The lowest BCUT2D eigenvalue weighted by molar-refractivity contribution is -0.274. The van der Waals surface area contributed by atoms with Gasteiger partial charge in [-0.3, -0.25) is 0 Å². The molecule has 0 unspecified atom stereocenters. The zero-order valence-electron chi connectivity index (χ0n) is 11.6. The minimum atomic E-state index is -4.90. The van der Waals surface area contributed by atoms with Crippen molar-refractivity contribution in [3.8, 4) is 16.9 Å². The summed E-state index contributed by atoms with van der Waals surface area (Å²) in [4.78, 5) is 11.7. The summed E-state index contributed by atoms with van der Waals surface area (Å²) in [6, 6.07) is 5.85. The van der Waals surface area contributed by atoms with E-state index >= 15 is 0 Å². The molecule has 0 aliphatic heterocycles. The molecule has 2 aromatic rings. The lowest BCUT2D eigenvalue weighted by Gasteiger charge is -2.12. The van der Waals surface area contributed by atoms with E-state index in [0.29, 0.717) is 12.1 Å². The maximum Gasteiger partial charge on any atom is 0.573 e. The molecule has 122 valence electrons. The first-order chi connectivity index (χ1) is 10.7. The van der Waals surface area contributed by atoms with E-state index in [4.69, 9.17) is 0 Å². The summed E-state index contributed by atoms with van der Waals surface area (Å²) < 4.78 is 71.7. The molecule has 0 atom stereocenters.